The summed E-state index contributed by atoms with van der Waals surface area (Å²) in [5.41, 5.74) is 0.983. The molecule has 0 aliphatic rings. The van der Waals surface area contributed by atoms with Gasteiger partial charge in [-0.3, -0.25) is 4.98 Å². The number of pyridine rings is 1. The first kappa shape index (κ1) is 13.3. The van der Waals surface area contributed by atoms with Gasteiger partial charge in [-0.1, -0.05) is 6.07 Å². The van der Waals surface area contributed by atoms with Gasteiger partial charge in [0.15, 0.2) is 0 Å². The van der Waals surface area contributed by atoms with Crippen LogP contribution < -0.4 is 10.6 Å². The zero-order valence-corrected chi connectivity index (χ0v) is 11.5. The number of hydrogen-bond donors (Lipinski definition) is 2. The molecular weight excluding hydrogens is 238 g/mol. The van der Waals surface area contributed by atoms with E-state index in [2.05, 4.69) is 39.4 Å². The molecule has 2 aromatic rings. The minimum absolute atomic E-state index is 0.345. The van der Waals surface area contributed by atoms with Crippen molar-refractivity contribution >= 4 is 11.6 Å². The molecule has 2 heterocycles. The van der Waals surface area contributed by atoms with Crippen LogP contribution in [0.15, 0.2) is 30.5 Å². The number of aryl methyl sites for hydroxylation is 1. The Labute approximate surface area is 113 Å². The second-order valence-electron chi connectivity index (χ2n) is 4.66. The molecule has 0 atom stereocenters. The van der Waals surface area contributed by atoms with Crippen LogP contribution >= 0.6 is 0 Å². The van der Waals surface area contributed by atoms with Gasteiger partial charge in [-0.15, -0.1) is 0 Å². The third-order valence-electron chi connectivity index (χ3n) is 2.45. The van der Waals surface area contributed by atoms with Crippen molar-refractivity contribution in [3.8, 4) is 0 Å². The van der Waals surface area contributed by atoms with Crippen molar-refractivity contribution in [1.29, 1.82) is 0 Å². The smallest absolute Gasteiger partial charge is 0.132 e. The Bertz CT molecular complexity index is 525. The highest BCUT2D eigenvalue weighted by molar-refractivity contribution is 5.48. The SMILES string of the molecule is Cc1nc(NCc2ccccn2)cc(NC(C)C)n1. The lowest BCUT2D eigenvalue weighted by molar-refractivity contribution is 0.879. The number of nitrogens with one attached hydrogen (secondary N) is 2. The molecule has 0 aromatic carbocycles. The highest BCUT2D eigenvalue weighted by Gasteiger charge is 2.03. The molecule has 5 nitrogen and oxygen atoms in total. The molecule has 2 aromatic heterocycles. The van der Waals surface area contributed by atoms with Crippen molar-refractivity contribution in [2.75, 3.05) is 10.6 Å². The van der Waals surface area contributed by atoms with E-state index in [-0.39, 0.29) is 0 Å². The van der Waals surface area contributed by atoms with Crippen LogP contribution in [0.25, 0.3) is 0 Å². The molecule has 0 fully saturated rings. The maximum Gasteiger partial charge on any atom is 0.132 e. The molecule has 0 amide bonds. The van der Waals surface area contributed by atoms with Crippen LogP contribution in [-0.2, 0) is 6.54 Å². The lowest BCUT2D eigenvalue weighted by atomic mass is 10.3. The Morgan fingerprint density at radius 2 is 1.95 bits per heavy atom. The first-order valence-electron chi connectivity index (χ1n) is 6.39. The Hall–Kier alpha value is -2.17. The van der Waals surface area contributed by atoms with Crippen LogP contribution in [0, 0.1) is 6.92 Å². The van der Waals surface area contributed by atoms with Gasteiger partial charge in [-0.2, -0.15) is 0 Å². The van der Waals surface area contributed by atoms with Crippen LogP contribution in [0.2, 0.25) is 0 Å². The summed E-state index contributed by atoms with van der Waals surface area (Å²) in [6, 6.07) is 8.12. The van der Waals surface area contributed by atoms with Gasteiger partial charge in [0.25, 0.3) is 0 Å². The molecule has 0 spiro atoms. The van der Waals surface area contributed by atoms with Gasteiger partial charge in [-0.25, -0.2) is 9.97 Å². The third kappa shape index (κ3) is 4.21. The summed E-state index contributed by atoms with van der Waals surface area (Å²) in [5.74, 6) is 2.39. The molecule has 100 valence electrons. The fourth-order valence-electron chi connectivity index (χ4n) is 1.71. The molecule has 0 aliphatic carbocycles. The van der Waals surface area contributed by atoms with E-state index in [1.54, 1.807) is 6.20 Å². The van der Waals surface area contributed by atoms with Gasteiger partial charge in [0.2, 0.25) is 0 Å². The predicted octanol–water partition coefficient (Wildman–Crippen LogP) is 2.61. The second-order valence-corrected chi connectivity index (χ2v) is 4.66. The maximum atomic E-state index is 4.37. The average Bonchev–Trinajstić information content (AvgIpc) is 2.36. The largest absolute Gasteiger partial charge is 0.368 e. The summed E-state index contributed by atoms with van der Waals surface area (Å²) < 4.78 is 0. The van der Waals surface area contributed by atoms with Crippen LogP contribution in [0.5, 0.6) is 0 Å². The molecule has 0 bridgehead atoms. The fourth-order valence-corrected chi connectivity index (χ4v) is 1.71. The normalized spacial score (nSPS) is 10.5. The lowest BCUT2D eigenvalue weighted by Crippen LogP contribution is -2.13. The van der Waals surface area contributed by atoms with Gasteiger partial charge in [-0.05, 0) is 32.9 Å². The number of nitrogens with zero attached hydrogens (tertiary/aromatic N) is 3. The Balaban J connectivity index is 2.05. The topological polar surface area (TPSA) is 62.7 Å². The molecule has 0 unspecified atom stereocenters. The van der Waals surface area contributed by atoms with Gasteiger partial charge in [0.05, 0.1) is 12.2 Å². The van der Waals surface area contributed by atoms with Crippen LogP contribution in [0.1, 0.15) is 25.4 Å². The monoisotopic (exact) mass is 257 g/mol. The zero-order valence-electron chi connectivity index (χ0n) is 11.5. The van der Waals surface area contributed by atoms with Crippen LogP contribution in [0.4, 0.5) is 11.6 Å². The predicted molar refractivity (Wildman–Crippen MR) is 77.1 cm³/mol. The van der Waals surface area contributed by atoms with E-state index in [9.17, 15) is 0 Å². The van der Waals surface area contributed by atoms with Crippen molar-refractivity contribution in [3.05, 3.63) is 42.0 Å². The second kappa shape index (κ2) is 6.13. The minimum atomic E-state index is 0.345. The molecule has 5 heteroatoms. The quantitative estimate of drug-likeness (QED) is 0.862. The maximum absolute atomic E-state index is 4.37. The highest BCUT2D eigenvalue weighted by Crippen LogP contribution is 2.12. The fraction of sp³-hybridized carbons (Fsp3) is 0.357. The number of rotatable bonds is 5. The van der Waals surface area contributed by atoms with Crippen LogP contribution in [-0.4, -0.2) is 21.0 Å². The first-order valence-corrected chi connectivity index (χ1v) is 6.39. The first-order chi connectivity index (χ1) is 9.13. The Morgan fingerprint density at radius 1 is 1.16 bits per heavy atom. The summed E-state index contributed by atoms with van der Waals surface area (Å²) in [5, 5.41) is 6.54. The Kier molecular flexibility index (Phi) is 4.28. The third-order valence-corrected chi connectivity index (χ3v) is 2.45. The van der Waals surface area contributed by atoms with E-state index in [0.717, 1.165) is 23.2 Å². The van der Waals surface area contributed by atoms with E-state index in [4.69, 9.17) is 0 Å². The van der Waals surface area contributed by atoms with Gasteiger partial charge in [0, 0.05) is 18.3 Å². The summed E-state index contributed by atoms with van der Waals surface area (Å²) >= 11 is 0. The van der Waals surface area contributed by atoms with E-state index >= 15 is 0 Å². The lowest BCUT2D eigenvalue weighted by Gasteiger charge is -2.12. The average molecular weight is 257 g/mol. The van der Waals surface area contributed by atoms with Crippen molar-refractivity contribution in [2.45, 2.75) is 33.4 Å². The van der Waals surface area contributed by atoms with Crippen molar-refractivity contribution in [3.63, 3.8) is 0 Å². The summed E-state index contributed by atoms with van der Waals surface area (Å²) in [6.07, 6.45) is 1.79. The zero-order chi connectivity index (χ0) is 13.7. The molecule has 2 rings (SSSR count). The molecular formula is C14H19N5. The molecule has 0 saturated heterocycles. The number of anilines is 2. The minimum Gasteiger partial charge on any atom is -0.368 e. The van der Waals surface area contributed by atoms with Crippen molar-refractivity contribution in [2.24, 2.45) is 0 Å². The van der Waals surface area contributed by atoms with E-state index < -0.39 is 0 Å². The van der Waals surface area contributed by atoms with Gasteiger partial charge < -0.3 is 10.6 Å². The molecule has 19 heavy (non-hydrogen) atoms. The van der Waals surface area contributed by atoms with Gasteiger partial charge >= 0.3 is 0 Å². The molecule has 0 saturated carbocycles. The summed E-state index contributed by atoms with van der Waals surface area (Å²) in [4.78, 5) is 13.0. The molecule has 0 radical (unpaired) electrons. The summed E-state index contributed by atoms with van der Waals surface area (Å²) in [7, 11) is 0. The molecule has 2 N–H and O–H groups in total. The summed E-state index contributed by atoms with van der Waals surface area (Å²) in [6.45, 7) is 6.70. The van der Waals surface area contributed by atoms with Crippen molar-refractivity contribution in [1.82, 2.24) is 15.0 Å². The Morgan fingerprint density at radius 3 is 2.63 bits per heavy atom. The highest BCUT2D eigenvalue weighted by atomic mass is 15.1. The van der Waals surface area contributed by atoms with E-state index in [1.807, 2.05) is 31.2 Å². The standard InChI is InChI=1S/C14H19N5/c1-10(2)17-14-8-13(18-11(3)19-14)16-9-12-6-4-5-7-15-12/h4-8,10H,9H2,1-3H3,(H2,16,17,18,19). The molecule has 0 aliphatic heterocycles. The van der Waals surface area contributed by atoms with Gasteiger partial charge in [0.1, 0.15) is 17.5 Å². The number of hydrogen-bond acceptors (Lipinski definition) is 5. The van der Waals surface area contributed by atoms with E-state index in [1.165, 1.54) is 0 Å². The van der Waals surface area contributed by atoms with Crippen molar-refractivity contribution < 1.29 is 0 Å². The van der Waals surface area contributed by atoms with E-state index in [0.29, 0.717) is 12.6 Å². The van der Waals surface area contributed by atoms with Crippen LogP contribution in [0.3, 0.4) is 0 Å². The number of aromatic nitrogens is 3.